The summed E-state index contributed by atoms with van der Waals surface area (Å²) in [5.41, 5.74) is 2.98. The van der Waals surface area contributed by atoms with E-state index >= 15 is 0 Å². The summed E-state index contributed by atoms with van der Waals surface area (Å²) in [4.78, 5) is 36.9. The fraction of sp³-hybridized carbons (Fsp3) is 0.478. The molecule has 0 bridgehead atoms. The maximum atomic E-state index is 12.8. The van der Waals surface area contributed by atoms with Gasteiger partial charge >= 0.3 is 0 Å². The van der Waals surface area contributed by atoms with Gasteiger partial charge in [-0.2, -0.15) is 5.10 Å². The van der Waals surface area contributed by atoms with Crippen molar-refractivity contribution in [3.8, 4) is 0 Å². The molecule has 158 valence electrons. The first kappa shape index (κ1) is 20.3. The summed E-state index contributed by atoms with van der Waals surface area (Å²) in [6.07, 6.45) is 5.02. The molecule has 2 aromatic rings. The average Bonchev–Trinajstić information content (AvgIpc) is 3.14. The smallest absolute Gasteiger partial charge is 0.267 e. The Hall–Kier alpha value is -2.96. The van der Waals surface area contributed by atoms with E-state index in [-0.39, 0.29) is 41.9 Å². The van der Waals surface area contributed by atoms with E-state index in [2.05, 4.69) is 27.9 Å². The minimum Gasteiger partial charge on any atom is -0.352 e. The van der Waals surface area contributed by atoms with Gasteiger partial charge < -0.3 is 10.6 Å². The second-order valence-corrected chi connectivity index (χ2v) is 8.39. The number of nitrogens with one attached hydrogen (secondary N) is 2. The number of amides is 2. The lowest BCUT2D eigenvalue weighted by Crippen LogP contribution is -2.43. The maximum Gasteiger partial charge on any atom is 0.267 e. The second-order valence-electron chi connectivity index (χ2n) is 8.39. The van der Waals surface area contributed by atoms with Crippen molar-refractivity contribution >= 4 is 11.8 Å². The molecule has 0 spiro atoms. The van der Waals surface area contributed by atoms with Crippen molar-refractivity contribution in [2.75, 3.05) is 0 Å². The van der Waals surface area contributed by atoms with Gasteiger partial charge in [0.15, 0.2) is 0 Å². The molecule has 1 saturated carbocycles. The second kappa shape index (κ2) is 8.81. The lowest BCUT2D eigenvalue weighted by molar-refractivity contribution is -0.127. The van der Waals surface area contributed by atoms with E-state index in [1.165, 1.54) is 21.9 Å². The van der Waals surface area contributed by atoms with Crippen LogP contribution in [-0.4, -0.2) is 27.6 Å². The van der Waals surface area contributed by atoms with E-state index in [9.17, 15) is 14.4 Å². The van der Waals surface area contributed by atoms with E-state index in [0.29, 0.717) is 5.69 Å². The predicted molar refractivity (Wildman–Crippen MR) is 113 cm³/mol. The number of hydrogen-bond donors (Lipinski definition) is 2. The Morgan fingerprint density at radius 1 is 1.03 bits per heavy atom. The zero-order valence-corrected chi connectivity index (χ0v) is 17.3. The summed E-state index contributed by atoms with van der Waals surface area (Å²) in [5.74, 6) is -0.102. The normalized spacial score (nSPS) is 22.9. The number of carbonyl (C=O) groups is 2. The van der Waals surface area contributed by atoms with Crippen molar-refractivity contribution in [3.05, 3.63) is 63.6 Å². The van der Waals surface area contributed by atoms with E-state index in [0.717, 1.165) is 38.5 Å². The summed E-state index contributed by atoms with van der Waals surface area (Å²) in [5, 5.41) is 10.3. The van der Waals surface area contributed by atoms with Gasteiger partial charge in [0.1, 0.15) is 6.54 Å². The summed E-state index contributed by atoms with van der Waals surface area (Å²) < 4.78 is 1.18. The Morgan fingerprint density at radius 3 is 2.60 bits per heavy atom. The quantitative estimate of drug-likeness (QED) is 0.792. The summed E-state index contributed by atoms with van der Waals surface area (Å²) in [6.45, 7) is 1.70. The molecule has 1 fully saturated rings. The first-order valence-corrected chi connectivity index (χ1v) is 10.7. The molecule has 1 aromatic carbocycles. The minimum atomic E-state index is -0.287. The first-order valence-electron chi connectivity index (χ1n) is 10.7. The van der Waals surface area contributed by atoms with Crippen molar-refractivity contribution in [1.29, 1.82) is 0 Å². The number of nitrogens with zero attached hydrogens (tertiary/aromatic N) is 2. The highest BCUT2D eigenvalue weighted by molar-refractivity contribution is 5.79. The van der Waals surface area contributed by atoms with Crippen molar-refractivity contribution < 1.29 is 9.59 Å². The number of benzene rings is 1. The number of rotatable bonds is 5. The molecule has 4 rings (SSSR count). The largest absolute Gasteiger partial charge is 0.352 e. The molecule has 7 heteroatoms. The van der Waals surface area contributed by atoms with Gasteiger partial charge in [0, 0.05) is 18.0 Å². The van der Waals surface area contributed by atoms with Crippen molar-refractivity contribution in [2.45, 2.75) is 64.1 Å². The van der Waals surface area contributed by atoms with E-state index < -0.39 is 0 Å². The Bertz CT molecular complexity index is 992. The van der Waals surface area contributed by atoms with Crippen LogP contribution in [0.25, 0.3) is 0 Å². The van der Waals surface area contributed by atoms with Crippen LogP contribution in [0.1, 0.15) is 55.0 Å². The van der Waals surface area contributed by atoms with Crippen molar-refractivity contribution in [2.24, 2.45) is 5.92 Å². The molecule has 2 aliphatic rings. The molecule has 2 aliphatic carbocycles. The summed E-state index contributed by atoms with van der Waals surface area (Å²) in [6, 6.07) is 11.5. The average molecular weight is 409 g/mol. The van der Waals surface area contributed by atoms with E-state index in [4.69, 9.17) is 0 Å². The SMILES string of the molecule is Cc1ccc(=O)n(CC(=O)NC2CCC(C(=O)NC3CCc4ccccc43)CC2)n1. The van der Waals surface area contributed by atoms with Gasteiger partial charge in [-0.15, -0.1) is 0 Å². The predicted octanol–water partition coefficient (Wildman–Crippen LogP) is 2.03. The van der Waals surface area contributed by atoms with Crippen LogP contribution in [0.3, 0.4) is 0 Å². The number of aromatic nitrogens is 2. The van der Waals surface area contributed by atoms with Crippen LogP contribution in [0.15, 0.2) is 41.2 Å². The molecule has 1 unspecified atom stereocenters. The Balaban J connectivity index is 1.25. The minimum absolute atomic E-state index is 0.00743. The number of aryl methyl sites for hydroxylation is 2. The third-order valence-corrected chi connectivity index (χ3v) is 6.21. The molecule has 2 N–H and O–H groups in total. The van der Waals surface area contributed by atoms with Crippen LogP contribution in [0.5, 0.6) is 0 Å². The third-order valence-electron chi connectivity index (χ3n) is 6.21. The summed E-state index contributed by atoms with van der Waals surface area (Å²) in [7, 11) is 0. The molecule has 2 amide bonds. The Morgan fingerprint density at radius 2 is 1.80 bits per heavy atom. The van der Waals surface area contributed by atoms with Crippen molar-refractivity contribution in [3.63, 3.8) is 0 Å². The van der Waals surface area contributed by atoms with Gasteiger partial charge in [-0.1, -0.05) is 24.3 Å². The van der Waals surface area contributed by atoms with E-state index in [1.54, 1.807) is 13.0 Å². The lowest BCUT2D eigenvalue weighted by Gasteiger charge is -2.29. The van der Waals surface area contributed by atoms with Gasteiger partial charge in [0.05, 0.1) is 11.7 Å². The molecule has 1 atom stereocenters. The topological polar surface area (TPSA) is 93.1 Å². The van der Waals surface area contributed by atoms with Gasteiger partial charge in [0.25, 0.3) is 5.56 Å². The zero-order chi connectivity index (χ0) is 21.1. The molecule has 7 nitrogen and oxygen atoms in total. The van der Waals surface area contributed by atoms with Crippen molar-refractivity contribution in [1.82, 2.24) is 20.4 Å². The molecular weight excluding hydrogens is 380 g/mol. The number of carbonyl (C=O) groups excluding carboxylic acids is 2. The fourth-order valence-corrected chi connectivity index (χ4v) is 4.57. The van der Waals surface area contributed by atoms with Gasteiger partial charge in [-0.05, 0) is 62.6 Å². The molecule has 0 saturated heterocycles. The standard InChI is InChI=1S/C23H28N4O3/c1-15-6-13-22(29)27(26-15)14-21(28)24-18-10-7-17(8-11-18)23(30)25-20-12-9-16-4-2-3-5-19(16)20/h2-6,13,17-18,20H,7-12,14H2,1H3,(H,24,28)(H,25,30). The Kier molecular flexibility index (Phi) is 5.97. The van der Waals surface area contributed by atoms with Crippen LogP contribution in [0.2, 0.25) is 0 Å². The molecule has 1 aromatic heterocycles. The van der Waals surface area contributed by atoms with Crippen LogP contribution < -0.4 is 16.2 Å². The highest BCUT2D eigenvalue weighted by Crippen LogP contribution is 2.32. The maximum absolute atomic E-state index is 12.8. The molecule has 0 radical (unpaired) electrons. The van der Waals surface area contributed by atoms with Crippen LogP contribution in [-0.2, 0) is 22.6 Å². The Labute approximate surface area is 175 Å². The monoisotopic (exact) mass is 408 g/mol. The van der Waals surface area contributed by atoms with Crippen LogP contribution in [0.4, 0.5) is 0 Å². The van der Waals surface area contributed by atoms with Crippen LogP contribution >= 0.6 is 0 Å². The highest BCUT2D eigenvalue weighted by atomic mass is 16.2. The van der Waals surface area contributed by atoms with Gasteiger partial charge in [-0.25, -0.2) is 4.68 Å². The van der Waals surface area contributed by atoms with Crippen LogP contribution in [0, 0.1) is 12.8 Å². The molecule has 30 heavy (non-hydrogen) atoms. The number of fused-ring (bicyclic) bond motifs is 1. The first-order chi connectivity index (χ1) is 14.5. The van der Waals surface area contributed by atoms with Gasteiger partial charge in [0.2, 0.25) is 11.8 Å². The fourth-order valence-electron chi connectivity index (χ4n) is 4.57. The third kappa shape index (κ3) is 4.61. The number of hydrogen-bond acceptors (Lipinski definition) is 4. The molecule has 1 heterocycles. The highest BCUT2D eigenvalue weighted by Gasteiger charge is 2.30. The summed E-state index contributed by atoms with van der Waals surface area (Å²) >= 11 is 0. The zero-order valence-electron chi connectivity index (χ0n) is 17.3. The molecular formula is C23H28N4O3. The lowest BCUT2D eigenvalue weighted by atomic mass is 9.85. The van der Waals surface area contributed by atoms with Gasteiger partial charge in [-0.3, -0.25) is 14.4 Å². The van der Waals surface area contributed by atoms with E-state index in [1.807, 2.05) is 12.1 Å². The molecule has 0 aliphatic heterocycles.